The second kappa shape index (κ2) is 3.82. The van der Waals surface area contributed by atoms with E-state index in [1.807, 2.05) is 6.92 Å². The third-order valence-electron chi connectivity index (χ3n) is 2.63. The highest BCUT2D eigenvalue weighted by Gasteiger charge is 2.37. The van der Waals surface area contributed by atoms with Gasteiger partial charge in [0.25, 0.3) is 0 Å². The molecule has 0 saturated heterocycles. The molecule has 14 heavy (non-hydrogen) atoms. The molecule has 0 radical (unpaired) electrons. The highest BCUT2D eigenvalue weighted by atomic mass is 32.1. The van der Waals surface area contributed by atoms with Gasteiger partial charge in [0.2, 0.25) is 5.13 Å². The Hall–Kier alpha value is -0.680. The van der Waals surface area contributed by atoms with Gasteiger partial charge in [0.15, 0.2) is 0 Å². The number of nitrogens with one attached hydrogen (secondary N) is 1. The molecule has 0 atom stereocenters. The average molecular weight is 213 g/mol. The predicted molar refractivity (Wildman–Crippen MR) is 56.7 cm³/mol. The van der Waals surface area contributed by atoms with E-state index in [0.717, 1.165) is 17.6 Å². The van der Waals surface area contributed by atoms with Crippen LogP contribution in [-0.2, 0) is 4.74 Å². The summed E-state index contributed by atoms with van der Waals surface area (Å²) < 4.78 is 9.37. The fraction of sp³-hybridized carbons (Fsp3) is 0.778. The van der Waals surface area contributed by atoms with Crippen LogP contribution in [0.3, 0.4) is 0 Å². The first kappa shape index (κ1) is 9.86. The van der Waals surface area contributed by atoms with Gasteiger partial charge in [0, 0.05) is 18.6 Å². The van der Waals surface area contributed by atoms with Crippen LogP contribution in [0.5, 0.6) is 0 Å². The minimum absolute atomic E-state index is 0.126. The second-order valence-corrected chi connectivity index (χ2v) is 4.59. The fourth-order valence-electron chi connectivity index (χ4n) is 1.76. The van der Waals surface area contributed by atoms with Crippen molar-refractivity contribution >= 4 is 16.7 Å². The summed E-state index contributed by atoms with van der Waals surface area (Å²) in [6.45, 7) is 2.66. The summed E-state index contributed by atoms with van der Waals surface area (Å²) >= 11 is 1.42. The number of methoxy groups -OCH3 is 1. The lowest BCUT2D eigenvalue weighted by molar-refractivity contribution is 0.0983. The Kier molecular flexibility index (Phi) is 2.69. The molecule has 1 aromatic rings. The van der Waals surface area contributed by atoms with E-state index in [2.05, 4.69) is 14.7 Å². The van der Waals surface area contributed by atoms with E-state index in [1.54, 1.807) is 7.11 Å². The van der Waals surface area contributed by atoms with Crippen LogP contribution in [0.2, 0.25) is 0 Å². The van der Waals surface area contributed by atoms with Gasteiger partial charge in [0.1, 0.15) is 5.82 Å². The van der Waals surface area contributed by atoms with Crippen molar-refractivity contribution in [2.45, 2.75) is 31.7 Å². The molecule has 5 heteroatoms. The number of hydrogen-bond acceptors (Lipinski definition) is 5. The summed E-state index contributed by atoms with van der Waals surface area (Å²) in [5.74, 6) is 0.837. The summed E-state index contributed by atoms with van der Waals surface area (Å²) in [7, 11) is 1.74. The Morgan fingerprint density at radius 3 is 2.79 bits per heavy atom. The van der Waals surface area contributed by atoms with Crippen LogP contribution in [0.15, 0.2) is 0 Å². The number of ether oxygens (including phenoxy) is 1. The van der Waals surface area contributed by atoms with E-state index in [4.69, 9.17) is 4.74 Å². The van der Waals surface area contributed by atoms with Gasteiger partial charge >= 0.3 is 0 Å². The second-order valence-electron chi connectivity index (χ2n) is 3.84. The number of anilines is 1. The molecule has 1 heterocycles. The maximum absolute atomic E-state index is 5.22. The maximum atomic E-state index is 5.22. The SMILES string of the molecule is COCC1(Nc2nc(C)ns2)CCC1. The molecule has 1 fully saturated rings. The number of nitrogens with zero attached hydrogens (tertiary/aromatic N) is 2. The molecule has 0 bridgehead atoms. The summed E-state index contributed by atoms with van der Waals surface area (Å²) in [5.41, 5.74) is 0.126. The number of hydrogen-bond donors (Lipinski definition) is 1. The van der Waals surface area contributed by atoms with Gasteiger partial charge in [-0.25, -0.2) is 4.98 Å². The minimum atomic E-state index is 0.126. The molecular formula is C9H15N3OS. The van der Waals surface area contributed by atoms with Gasteiger partial charge in [-0.2, -0.15) is 4.37 Å². The van der Waals surface area contributed by atoms with Crippen LogP contribution < -0.4 is 5.32 Å². The van der Waals surface area contributed by atoms with Crippen LogP contribution in [-0.4, -0.2) is 28.6 Å². The fourth-order valence-corrected chi connectivity index (χ4v) is 2.45. The molecule has 4 nitrogen and oxygen atoms in total. The normalized spacial score (nSPS) is 19.0. The summed E-state index contributed by atoms with van der Waals surface area (Å²) in [6, 6.07) is 0. The van der Waals surface area contributed by atoms with Crippen molar-refractivity contribution in [2.24, 2.45) is 0 Å². The van der Waals surface area contributed by atoms with Crippen molar-refractivity contribution in [3.8, 4) is 0 Å². The molecule has 1 saturated carbocycles. The van der Waals surface area contributed by atoms with E-state index in [1.165, 1.54) is 30.8 Å². The molecule has 0 unspecified atom stereocenters. The average Bonchev–Trinajstić information content (AvgIpc) is 2.48. The first-order valence-corrected chi connectivity index (χ1v) is 5.59. The lowest BCUT2D eigenvalue weighted by Gasteiger charge is -2.41. The Balaban J connectivity index is 2.01. The van der Waals surface area contributed by atoms with E-state index in [-0.39, 0.29) is 5.54 Å². The topological polar surface area (TPSA) is 47.0 Å². The zero-order valence-electron chi connectivity index (χ0n) is 8.54. The molecule has 0 spiro atoms. The van der Waals surface area contributed by atoms with E-state index < -0.39 is 0 Å². The van der Waals surface area contributed by atoms with E-state index in [9.17, 15) is 0 Å². The minimum Gasteiger partial charge on any atom is -0.382 e. The van der Waals surface area contributed by atoms with Crippen LogP contribution in [0.4, 0.5) is 5.13 Å². The quantitative estimate of drug-likeness (QED) is 0.829. The third kappa shape index (κ3) is 1.88. The Morgan fingerprint density at radius 2 is 2.36 bits per heavy atom. The van der Waals surface area contributed by atoms with Gasteiger partial charge in [-0.05, 0) is 26.2 Å². The molecule has 1 N–H and O–H groups in total. The van der Waals surface area contributed by atoms with Crippen molar-refractivity contribution in [3.05, 3.63) is 5.82 Å². The number of aryl methyl sites for hydroxylation is 1. The van der Waals surface area contributed by atoms with Gasteiger partial charge < -0.3 is 10.1 Å². The van der Waals surface area contributed by atoms with Crippen molar-refractivity contribution < 1.29 is 4.74 Å². The highest BCUT2D eigenvalue weighted by Crippen LogP contribution is 2.35. The molecule has 1 aliphatic carbocycles. The Labute approximate surface area is 87.9 Å². The first-order chi connectivity index (χ1) is 6.74. The zero-order valence-corrected chi connectivity index (χ0v) is 9.36. The number of rotatable bonds is 4. The van der Waals surface area contributed by atoms with Gasteiger partial charge in [-0.15, -0.1) is 0 Å². The van der Waals surface area contributed by atoms with Crippen molar-refractivity contribution in [1.29, 1.82) is 0 Å². The van der Waals surface area contributed by atoms with E-state index in [0.29, 0.717) is 0 Å². The van der Waals surface area contributed by atoms with Crippen molar-refractivity contribution in [2.75, 3.05) is 19.0 Å². The molecule has 78 valence electrons. The van der Waals surface area contributed by atoms with E-state index >= 15 is 0 Å². The number of aromatic nitrogens is 2. The molecule has 1 aromatic heterocycles. The van der Waals surface area contributed by atoms with Gasteiger partial charge in [-0.3, -0.25) is 0 Å². The smallest absolute Gasteiger partial charge is 0.203 e. The summed E-state index contributed by atoms with van der Waals surface area (Å²) in [5, 5.41) is 4.35. The molecule has 2 rings (SSSR count). The van der Waals surface area contributed by atoms with Gasteiger partial charge in [0.05, 0.1) is 12.1 Å². The predicted octanol–water partition coefficient (Wildman–Crippen LogP) is 1.83. The third-order valence-corrected chi connectivity index (χ3v) is 3.35. The zero-order chi connectivity index (χ0) is 10.0. The lowest BCUT2D eigenvalue weighted by Crippen LogP contribution is -2.48. The maximum Gasteiger partial charge on any atom is 0.203 e. The molecule has 0 aromatic carbocycles. The highest BCUT2D eigenvalue weighted by molar-refractivity contribution is 7.09. The van der Waals surface area contributed by atoms with Crippen LogP contribution in [0, 0.1) is 6.92 Å². The van der Waals surface area contributed by atoms with Crippen molar-refractivity contribution in [3.63, 3.8) is 0 Å². The first-order valence-electron chi connectivity index (χ1n) is 4.82. The van der Waals surface area contributed by atoms with Crippen LogP contribution >= 0.6 is 11.5 Å². The molecule has 1 aliphatic rings. The van der Waals surface area contributed by atoms with Crippen LogP contribution in [0.1, 0.15) is 25.1 Å². The van der Waals surface area contributed by atoms with Crippen molar-refractivity contribution in [1.82, 2.24) is 9.36 Å². The molecule has 0 aliphatic heterocycles. The van der Waals surface area contributed by atoms with Crippen LogP contribution in [0.25, 0.3) is 0 Å². The molecular weight excluding hydrogens is 198 g/mol. The molecule has 0 amide bonds. The lowest BCUT2D eigenvalue weighted by atomic mass is 9.77. The Bertz CT molecular complexity index is 309. The van der Waals surface area contributed by atoms with Gasteiger partial charge in [-0.1, -0.05) is 0 Å². The summed E-state index contributed by atoms with van der Waals surface area (Å²) in [6.07, 6.45) is 3.60. The largest absolute Gasteiger partial charge is 0.382 e. The Morgan fingerprint density at radius 1 is 1.57 bits per heavy atom. The summed E-state index contributed by atoms with van der Waals surface area (Å²) in [4.78, 5) is 4.30. The standard InChI is InChI=1S/C9H15N3OS/c1-7-10-8(14-12-7)11-9(6-13-2)4-3-5-9/h3-6H2,1-2H3,(H,10,11,12). The monoisotopic (exact) mass is 213 g/mol.